The van der Waals surface area contributed by atoms with Gasteiger partial charge < -0.3 is 15.7 Å². The van der Waals surface area contributed by atoms with Crippen LogP contribution in [0.3, 0.4) is 0 Å². The first-order valence-corrected chi connectivity index (χ1v) is 8.58. The van der Waals surface area contributed by atoms with Gasteiger partial charge in [-0.25, -0.2) is 0 Å². The van der Waals surface area contributed by atoms with E-state index in [1.807, 2.05) is 0 Å². The number of rotatable bonds is 9. The van der Waals surface area contributed by atoms with Crippen LogP contribution in [0.4, 0.5) is 0 Å². The van der Waals surface area contributed by atoms with Crippen molar-refractivity contribution >= 4 is 11.8 Å². The van der Waals surface area contributed by atoms with Crippen LogP contribution in [0.1, 0.15) is 49.5 Å². The van der Waals surface area contributed by atoms with E-state index in [9.17, 15) is 14.7 Å². The number of aromatic nitrogens is 3. The molecule has 0 aliphatic heterocycles. The molecule has 0 radical (unpaired) electrons. The molecule has 0 saturated heterocycles. The van der Waals surface area contributed by atoms with Crippen LogP contribution in [0.25, 0.3) is 0 Å². The van der Waals surface area contributed by atoms with Gasteiger partial charge in [-0.3, -0.25) is 14.3 Å². The fourth-order valence-electron chi connectivity index (χ4n) is 2.97. The van der Waals surface area contributed by atoms with E-state index in [0.717, 1.165) is 6.42 Å². The summed E-state index contributed by atoms with van der Waals surface area (Å²) in [7, 11) is 1.67. The van der Waals surface area contributed by atoms with Crippen LogP contribution in [0.5, 0.6) is 0 Å². The Balaban J connectivity index is 1.75. The highest BCUT2D eigenvalue weighted by Crippen LogP contribution is 2.36. The minimum atomic E-state index is -0.549. The van der Waals surface area contributed by atoms with Gasteiger partial charge >= 0.3 is 0 Å². The molecule has 8 heteroatoms. The lowest BCUT2D eigenvalue weighted by Gasteiger charge is -2.33. The summed E-state index contributed by atoms with van der Waals surface area (Å²) in [5.74, 6) is 0.657. The molecule has 2 atom stereocenters. The molecule has 0 bridgehead atoms. The number of aliphatic hydroxyl groups is 1. The monoisotopic (exact) mass is 337 g/mol. The normalized spacial score (nSPS) is 17.0. The highest BCUT2D eigenvalue weighted by Gasteiger charge is 2.27. The fraction of sp³-hybridized carbons (Fsp3) is 0.750. The van der Waals surface area contributed by atoms with Gasteiger partial charge in [0.25, 0.3) is 5.91 Å². The first kappa shape index (κ1) is 18.4. The highest BCUT2D eigenvalue weighted by atomic mass is 16.3. The van der Waals surface area contributed by atoms with Crippen LogP contribution < -0.4 is 10.6 Å². The summed E-state index contributed by atoms with van der Waals surface area (Å²) in [4.78, 5) is 24.1. The maximum Gasteiger partial charge on any atom is 0.273 e. The van der Waals surface area contributed by atoms with Crippen LogP contribution in [-0.2, 0) is 11.8 Å². The van der Waals surface area contributed by atoms with Crippen molar-refractivity contribution in [1.29, 1.82) is 0 Å². The number of hydrogen-bond acceptors (Lipinski definition) is 5. The Labute approximate surface area is 142 Å². The third kappa shape index (κ3) is 5.02. The van der Waals surface area contributed by atoms with E-state index in [1.165, 1.54) is 30.1 Å². The summed E-state index contributed by atoms with van der Waals surface area (Å²) in [5.41, 5.74) is 0.179. The molecule has 0 aromatic carbocycles. The van der Waals surface area contributed by atoms with E-state index in [1.54, 1.807) is 7.05 Å². The lowest BCUT2D eigenvalue weighted by atomic mass is 9.73. The average molecular weight is 337 g/mol. The molecule has 1 aromatic heterocycles. The maximum atomic E-state index is 12.1. The predicted octanol–water partition coefficient (Wildman–Crippen LogP) is 0.238. The SMILES string of the molecule is CCC(CC(=O)NCC(CO)NC(=O)c1cn(C)nn1)C1CCC1. The van der Waals surface area contributed by atoms with Crippen LogP contribution in [0.2, 0.25) is 0 Å². The maximum absolute atomic E-state index is 12.1. The van der Waals surface area contributed by atoms with E-state index >= 15 is 0 Å². The van der Waals surface area contributed by atoms with Gasteiger partial charge in [-0.2, -0.15) is 0 Å². The Bertz CT molecular complexity index is 556. The lowest BCUT2D eigenvalue weighted by Crippen LogP contribution is -2.46. The second-order valence-corrected chi connectivity index (χ2v) is 6.50. The molecule has 24 heavy (non-hydrogen) atoms. The molecule has 1 aliphatic rings. The van der Waals surface area contributed by atoms with Crippen molar-refractivity contribution in [2.75, 3.05) is 13.2 Å². The van der Waals surface area contributed by atoms with Gasteiger partial charge in [0.2, 0.25) is 5.91 Å². The second-order valence-electron chi connectivity index (χ2n) is 6.50. The lowest BCUT2D eigenvalue weighted by molar-refractivity contribution is -0.122. The molecule has 134 valence electrons. The zero-order chi connectivity index (χ0) is 17.5. The molecular weight excluding hydrogens is 310 g/mol. The summed E-state index contributed by atoms with van der Waals surface area (Å²) in [6.45, 7) is 2.06. The Morgan fingerprint density at radius 3 is 2.71 bits per heavy atom. The standard InChI is InChI=1S/C16H27N5O3/c1-3-11(12-5-4-6-12)7-15(23)17-8-13(10-22)18-16(24)14-9-21(2)20-19-14/h9,11-13,22H,3-8,10H2,1-2H3,(H,17,23)(H,18,24). The van der Waals surface area contributed by atoms with Gasteiger partial charge in [-0.05, 0) is 11.8 Å². The molecule has 1 heterocycles. The van der Waals surface area contributed by atoms with Crippen molar-refractivity contribution in [2.45, 2.75) is 45.1 Å². The number of hydrogen-bond donors (Lipinski definition) is 3. The van der Waals surface area contributed by atoms with Gasteiger partial charge in [-0.15, -0.1) is 5.10 Å². The Morgan fingerprint density at radius 1 is 1.46 bits per heavy atom. The summed E-state index contributed by atoms with van der Waals surface area (Å²) in [6.07, 6.45) is 6.72. The minimum absolute atomic E-state index is 0.0269. The summed E-state index contributed by atoms with van der Waals surface area (Å²) in [6, 6.07) is -0.549. The van der Waals surface area contributed by atoms with Crippen molar-refractivity contribution < 1.29 is 14.7 Å². The van der Waals surface area contributed by atoms with Crippen molar-refractivity contribution in [1.82, 2.24) is 25.6 Å². The molecule has 2 amide bonds. The second kappa shape index (κ2) is 8.77. The highest BCUT2D eigenvalue weighted by molar-refractivity contribution is 5.92. The molecule has 2 rings (SSSR count). The Kier molecular flexibility index (Phi) is 6.72. The molecule has 3 N–H and O–H groups in total. The van der Waals surface area contributed by atoms with E-state index < -0.39 is 11.9 Å². The third-order valence-electron chi connectivity index (χ3n) is 4.72. The summed E-state index contributed by atoms with van der Waals surface area (Å²) >= 11 is 0. The Hall–Kier alpha value is -1.96. The van der Waals surface area contributed by atoms with Crippen LogP contribution in [0.15, 0.2) is 6.20 Å². The predicted molar refractivity (Wildman–Crippen MR) is 88.1 cm³/mol. The summed E-state index contributed by atoms with van der Waals surface area (Å²) in [5, 5.41) is 22.3. The molecule has 8 nitrogen and oxygen atoms in total. The largest absolute Gasteiger partial charge is 0.394 e. The zero-order valence-corrected chi connectivity index (χ0v) is 14.4. The van der Waals surface area contributed by atoms with Crippen LogP contribution in [0, 0.1) is 11.8 Å². The van der Waals surface area contributed by atoms with Crippen molar-refractivity contribution in [3.63, 3.8) is 0 Å². The number of amides is 2. The van der Waals surface area contributed by atoms with Crippen LogP contribution in [-0.4, -0.2) is 51.1 Å². The van der Waals surface area contributed by atoms with E-state index in [-0.39, 0.29) is 24.8 Å². The van der Waals surface area contributed by atoms with Gasteiger partial charge in [0.05, 0.1) is 18.8 Å². The Morgan fingerprint density at radius 2 is 2.21 bits per heavy atom. The molecule has 1 aromatic rings. The first-order chi connectivity index (χ1) is 11.5. The van der Waals surface area contributed by atoms with Gasteiger partial charge in [0, 0.05) is 20.0 Å². The van der Waals surface area contributed by atoms with E-state index in [0.29, 0.717) is 18.3 Å². The molecular formula is C16H27N5O3. The molecule has 2 unspecified atom stereocenters. The van der Waals surface area contributed by atoms with E-state index in [2.05, 4.69) is 27.9 Å². The molecule has 0 spiro atoms. The average Bonchev–Trinajstić information content (AvgIpc) is 2.95. The number of carbonyl (C=O) groups is 2. The fourth-order valence-corrected chi connectivity index (χ4v) is 2.97. The van der Waals surface area contributed by atoms with Gasteiger partial charge in [0.1, 0.15) is 0 Å². The summed E-state index contributed by atoms with van der Waals surface area (Å²) < 4.78 is 1.43. The molecule has 1 aliphatic carbocycles. The van der Waals surface area contributed by atoms with Gasteiger partial charge in [-0.1, -0.05) is 37.8 Å². The van der Waals surface area contributed by atoms with E-state index in [4.69, 9.17) is 0 Å². The topological polar surface area (TPSA) is 109 Å². The van der Waals surface area contributed by atoms with Crippen LogP contribution >= 0.6 is 0 Å². The number of nitrogens with zero attached hydrogens (tertiary/aromatic N) is 3. The zero-order valence-electron chi connectivity index (χ0n) is 14.4. The number of aliphatic hydroxyl groups excluding tert-OH is 1. The van der Waals surface area contributed by atoms with Crippen molar-refractivity contribution in [3.8, 4) is 0 Å². The first-order valence-electron chi connectivity index (χ1n) is 8.58. The third-order valence-corrected chi connectivity index (χ3v) is 4.72. The number of nitrogens with one attached hydrogen (secondary N) is 2. The minimum Gasteiger partial charge on any atom is -0.394 e. The number of carbonyl (C=O) groups excluding carboxylic acids is 2. The molecule has 1 saturated carbocycles. The number of aryl methyl sites for hydroxylation is 1. The molecule has 1 fully saturated rings. The van der Waals surface area contributed by atoms with Crippen molar-refractivity contribution in [2.24, 2.45) is 18.9 Å². The van der Waals surface area contributed by atoms with Gasteiger partial charge in [0.15, 0.2) is 5.69 Å². The quantitative estimate of drug-likeness (QED) is 0.598. The smallest absolute Gasteiger partial charge is 0.273 e. The van der Waals surface area contributed by atoms with Crippen molar-refractivity contribution in [3.05, 3.63) is 11.9 Å².